The summed E-state index contributed by atoms with van der Waals surface area (Å²) in [5.74, 6) is 0.825. The Labute approximate surface area is 187 Å². The highest BCUT2D eigenvalue weighted by Gasteiger charge is 2.18. The molecular formula is C24H51N5O. The molecule has 0 bridgehead atoms. The smallest absolute Gasteiger partial charge is 0.0791 e. The highest BCUT2D eigenvalue weighted by molar-refractivity contribution is 4.74. The zero-order valence-electron chi connectivity index (χ0n) is 20.3. The van der Waals surface area contributed by atoms with E-state index in [0.717, 1.165) is 97.5 Å². The fourth-order valence-corrected chi connectivity index (χ4v) is 4.92. The molecule has 1 aliphatic heterocycles. The van der Waals surface area contributed by atoms with Crippen molar-refractivity contribution in [1.82, 2.24) is 24.9 Å². The van der Waals surface area contributed by atoms with Gasteiger partial charge in [0.05, 0.1) is 6.10 Å². The van der Waals surface area contributed by atoms with Crippen LogP contribution < -0.4 is 5.32 Å². The van der Waals surface area contributed by atoms with Gasteiger partial charge in [0.1, 0.15) is 0 Å². The summed E-state index contributed by atoms with van der Waals surface area (Å²) in [6.07, 6.45) is 6.64. The largest absolute Gasteiger partial charge is 0.390 e. The number of hydrogen-bond acceptors (Lipinski definition) is 6. The summed E-state index contributed by atoms with van der Waals surface area (Å²) in [6.45, 7) is 21.7. The van der Waals surface area contributed by atoms with Crippen LogP contribution in [0.1, 0.15) is 52.9 Å². The quantitative estimate of drug-likeness (QED) is 0.587. The molecular weight excluding hydrogens is 374 g/mol. The van der Waals surface area contributed by atoms with Gasteiger partial charge >= 0.3 is 0 Å². The Balaban J connectivity index is 1.80. The molecule has 6 heteroatoms. The molecule has 1 unspecified atom stereocenters. The minimum absolute atomic E-state index is 0.276. The second-order valence-electron chi connectivity index (χ2n) is 9.42. The second kappa shape index (κ2) is 15.5. The van der Waals surface area contributed by atoms with E-state index in [4.69, 9.17) is 0 Å². The zero-order valence-corrected chi connectivity index (χ0v) is 20.3. The van der Waals surface area contributed by atoms with E-state index in [2.05, 4.69) is 45.7 Å². The van der Waals surface area contributed by atoms with Crippen molar-refractivity contribution in [2.24, 2.45) is 5.92 Å². The van der Waals surface area contributed by atoms with Crippen LogP contribution in [0.2, 0.25) is 0 Å². The number of β-amino-alcohol motifs (C(OH)–C–C–N with tert-alkyl or cyclic N) is 1. The van der Waals surface area contributed by atoms with Crippen molar-refractivity contribution in [3.8, 4) is 0 Å². The van der Waals surface area contributed by atoms with Crippen LogP contribution in [0, 0.1) is 5.92 Å². The molecule has 0 aromatic rings. The van der Waals surface area contributed by atoms with E-state index in [1.165, 1.54) is 32.1 Å². The van der Waals surface area contributed by atoms with E-state index in [-0.39, 0.29) is 6.10 Å². The molecule has 1 aliphatic carbocycles. The van der Waals surface area contributed by atoms with Gasteiger partial charge in [-0.25, -0.2) is 0 Å². The van der Waals surface area contributed by atoms with Gasteiger partial charge in [0, 0.05) is 65.4 Å². The SMILES string of the molecule is CCN1CCN(CC)CCN(CC(O)CNCC2CCCCC2)CCN(CC)CC1. The summed E-state index contributed by atoms with van der Waals surface area (Å²) in [5.41, 5.74) is 0. The summed E-state index contributed by atoms with van der Waals surface area (Å²) in [7, 11) is 0. The molecule has 0 aromatic carbocycles. The first-order valence-corrected chi connectivity index (χ1v) is 12.9. The first-order valence-electron chi connectivity index (χ1n) is 12.9. The van der Waals surface area contributed by atoms with E-state index in [9.17, 15) is 5.11 Å². The van der Waals surface area contributed by atoms with Crippen LogP contribution in [-0.2, 0) is 0 Å². The van der Waals surface area contributed by atoms with Crippen LogP contribution in [0.25, 0.3) is 0 Å². The summed E-state index contributed by atoms with van der Waals surface area (Å²) in [5, 5.41) is 14.3. The topological polar surface area (TPSA) is 45.2 Å². The summed E-state index contributed by atoms with van der Waals surface area (Å²) < 4.78 is 0. The summed E-state index contributed by atoms with van der Waals surface area (Å²) in [6, 6.07) is 0. The molecule has 1 heterocycles. The Hall–Kier alpha value is -0.240. The Kier molecular flexibility index (Phi) is 13.5. The summed E-state index contributed by atoms with van der Waals surface area (Å²) >= 11 is 0. The van der Waals surface area contributed by atoms with Gasteiger partial charge in [-0.2, -0.15) is 0 Å². The van der Waals surface area contributed by atoms with Crippen molar-refractivity contribution in [1.29, 1.82) is 0 Å². The molecule has 2 fully saturated rings. The van der Waals surface area contributed by atoms with Gasteiger partial charge in [0.15, 0.2) is 0 Å². The molecule has 1 atom stereocenters. The third kappa shape index (κ3) is 10.4. The number of rotatable bonds is 9. The van der Waals surface area contributed by atoms with Crippen molar-refractivity contribution >= 4 is 0 Å². The lowest BCUT2D eigenvalue weighted by atomic mass is 9.89. The lowest BCUT2D eigenvalue weighted by Crippen LogP contribution is -2.48. The zero-order chi connectivity index (χ0) is 21.6. The van der Waals surface area contributed by atoms with Crippen LogP contribution in [-0.4, -0.2) is 122 Å². The summed E-state index contributed by atoms with van der Waals surface area (Å²) in [4.78, 5) is 10.2. The number of aliphatic hydroxyl groups is 1. The van der Waals surface area contributed by atoms with Gasteiger partial charge in [-0.1, -0.05) is 40.0 Å². The minimum atomic E-state index is -0.276. The highest BCUT2D eigenvalue weighted by Crippen LogP contribution is 2.22. The molecule has 0 aromatic heterocycles. The van der Waals surface area contributed by atoms with Crippen LogP contribution in [0.5, 0.6) is 0 Å². The minimum Gasteiger partial charge on any atom is -0.390 e. The van der Waals surface area contributed by atoms with E-state index < -0.39 is 0 Å². The fourth-order valence-electron chi connectivity index (χ4n) is 4.92. The maximum absolute atomic E-state index is 10.7. The Bertz CT molecular complexity index is 398. The van der Waals surface area contributed by atoms with Crippen molar-refractivity contribution < 1.29 is 5.11 Å². The first kappa shape index (κ1) is 26.0. The molecule has 2 rings (SSSR count). The second-order valence-corrected chi connectivity index (χ2v) is 9.42. The van der Waals surface area contributed by atoms with Crippen molar-refractivity contribution in [2.45, 2.75) is 59.0 Å². The normalized spacial score (nSPS) is 24.4. The van der Waals surface area contributed by atoms with Crippen LogP contribution >= 0.6 is 0 Å². The van der Waals surface area contributed by atoms with E-state index in [0.29, 0.717) is 0 Å². The molecule has 178 valence electrons. The van der Waals surface area contributed by atoms with Gasteiger partial charge < -0.3 is 25.1 Å². The molecule has 30 heavy (non-hydrogen) atoms. The van der Waals surface area contributed by atoms with Gasteiger partial charge in [0.2, 0.25) is 0 Å². The Morgan fingerprint density at radius 1 is 0.700 bits per heavy atom. The highest BCUT2D eigenvalue weighted by atomic mass is 16.3. The first-order chi connectivity index (χ1) is 14.6. The fraction of sp³-hybridized carbons (Fsp3) is 1.00. The maximum atomic E-state index is 10.7. The number of likely N-dealkylation sites (N-methyl/N-ethyl adjacent to an activating group) is 3. The predicted octanol–water partition coefficient (Wildman–Crippen LogP) is 1.80. The molecule has 2 aliphatic rings. The van der Waals surface area contributed by atoms with Gasteiger partial charge in [-0.15, -0.1) is 0 Å². The van der Waals surface area contributed by atoms with Crippen molar-refractivity contribution in [2.75, 3.05) is 91.6 Å². The molecule has 6 nitrogen and oxygen atoms in total. The monoisotopic (exact) mass is 425 g/mol. The number of hydrogen-bond donors (Lipinski definition) is 2. The average Bonchev–Trinajstić information content (AvgIpc) is 2.76. The third-order valence-corrected chi connectivity index (χ3v) is 7.28. The van der Waals surface area contributed by atoms with Gasteiger partial charge in [0.25, 0.3) is 0 Å². The standard InChI is InChI=1S/C24H51N5O/c1-4-26-12-14-27(5-2)16-18-29(19-17-28(6-3)15-13-26)22-24(30)21-25-20-23-10-8-7-9-11-23/h23-25,30H,4-22H2,1-3H3. The van der Waals surface area contributed by atoms with Gasteiger partial charge in [-0.05, 0) is 44.9 Å². The number of nitrogens with zero attached hydrogens (tertiary/aromatic N) is 4. The number of nitrogens with one attached hydrogen (secondary N) is 1. The molecule has 0 amide bonds. The molecule has 1 saturated carbocycles. The van der Waals surface area contributed by atoms with E-state index in [1.54, 1.807) is 0 Å². The van der Waals surface area contributed by atoms with E-state index >= 15 is 0 Å². The maximum Gasteiger partial charge on any atom is 0.0791 e. The van der Waals surface area contributed by atoms with E-state index in [1.807, 2.05) is 0 Å². The molecule has 2 N–H and O–H groups in total. The third-order valence-electron chi connectivity index (χ3n) is 7.28. The lowest BCUT2D eigenvalue weighted by Gasteiger charge is -2.34. The lowest BCUT2D eigenvalue weighted by molar-refractivity contribution is 0.0871. The van der Waals surface area contributed by atoms with Crippen LogP contribution in [0.4, 0.5) is 0 Å². The molecule has 0 radical (unpaired) electrons. The van der Waals surface area contributed by atoms with Crippen molar-refractivity contribution in [3.63, 3.8) is 0 Å². The number of aliphatic hydroxyl groups excluding tert-OH is 1. The van der Waals surface area contributed by atoms with Crippen molar-refractivity contribution in [3.05, 3.63) is 0 Å². The molecule has 1 saturated heterocycles. The molecule has 0 spiro atoms. The van der Waals surface area contributed by atoms with Gasteiger partial charge in [-0.3, -0.25) is 4.90 Å². The van der Waals surface area contributed by atoms with Crippen LogP contribution in [0.3, 0.4) is 0 Å². The average molecular weight is 426 g/mol. The van der Waals surface area contributed by atoms with Crippen LogP contribution in [0.15, 0.2) is 0 Å². The Morgan fingerprint density at radius 3 is 1.57 bits per heavy atom. The Morgan fingerprint density at radius 2 is 1.13 bits per heavy atom. The predicted molar refractivity (Wildman–Crippen MR) is 128 cm³/mol.